The third-order valence-electron chi connectivity index (χ3n) is 3.46. The Labute approximate surface area is 165 Å². The molecule has 1 aromatic heterocycles. The fraction of sp³-hybridized carbons (Fsp3) is 0.588. The van der Waals surface area contributed by atoms with Gasteiger partial charge in [0.05, 0.1) is 25.1 Å². The number of alkyl halides is 3. The number of hydrogen-bond donors (Lipinski definition) is 2. The lowest BCUT2D eigenvalue weighted by Crippen LogP contribution is -2.48. The minimum atomic E-state index is -4.83. The van der Waals surface area contributed by atoms with E-state index in [-0.39, 0.29) is 31.2 Å². The molecular formula is C17H24F3N3O4S. The van der Waals surface area contributed by atoms with Gasteiger partial charge >= 0.3 is 6.18 Å². The molecule has 0 unspecified atom stereocenters. The van der Waals surface area contributed by atoms with Gasteiger partial charge in [-0.15, -0.1) is 0 Å². The number of ketones is 1. The van der Waals surface area contributed by atoms with Crippen LogP contribution >= 0.6 is 11.8 Å². The number of likely N-dealkylation sites (N-methyl/N-ethyl adjacent to an activating group) is 1. The zero-order chi connectivity index (χ0) is 21.2. The third-order valence-corrected chi connectivity index (χ3v) is 4.50. The number of amides is 2. The molecule has 1 heterocycles. The summed E-state index contributed by atoms with van der Waals surface area (Å²) in [5.74, 6) is -2.40. The number of nitrogens with zero attached hydrogens (tertiary/aromatic N) is 1. The number of nitrogens with one attached hydrogen (secondary N) is 2. The zero-order valence-corrected chi connectivity index (χ0v) is 16.5. The van der Waals surface area contributed by atoms with E-state index < -0.39 is 29.7 Å². The summed E-state index contributed by atoms with van der Waals surface area (Å²) in [6.45, 7) is 0.248. The fourth-order valence-corrected chi connectivity index (χ4v) is 3.01. The molecule has 0 bridgehead atoms. The first-order chi connectivity index (χ1) is 13.1. The van der Waals surface area contributed by atoms with E-state index >= 15 is 0 Å². The number of halogens is 3. The molecule has 0 aliphatic carbocycles. The number of Topliss-reactive ketones (excluding diaryl/α,β-unsaturated/α-hetero) is 1. The van der Waals surface area contributed by atoms with E-state index in [0.717, 1.165) is 11.8 Å². The molecule has 1 atom stereocenters. The summed E-state index contributed by atoms with van der Waals surface area (Å²) in [5.41, 5.74) is 0. The minimum absolute atomic E-state index is 0.0940. The first kappa shape index (κ1) is 24.0. The number of furan rings is 1. The van der Waals surface area contributed by atoms with Gasteiger partial charge in [0.15, 0.2) is 0 Å². The smallest absolute Gasteiger partial charge is 0.450 e. The van der Waals surface area contributed by atoms with Crippen LogP contribution in [-0.4, -0.2) is 66.9 Å². The second kappa shape index (κ2) is 11.7. The molecule has 0 fully saturated rings. The second-order valence-electron chi connectivity index (χ2n) is 6.27. The van der Waals surface area contributed by atoms with Gasteiger partial charge < -0.3 is 20.0 Å². The molecule has 1 aromatic rings. The first-order valence-electron chi connectivity index (χ1n) is 8.51. The summed E-state index contributed by atoms with van der Waals surface area (Å²) >= 11 is 0.846. The van der Waals surface area contributed by atoms with Crippen molar-refractivity contribution in [1.29, 1.82) is 0 Å². The Balaban J connectivity index is 2.48. The van der Waals surface area contributed by atoms with Gasteiger partial charge in [-0.1, -0.05) is 0 Å². The molecule has 0 aliphatic rings. The Hall–Kier alpha value is -2.01. The summed E-state index contributed by atoms with van der Waals surface area (Å²) in [5, 5.41) is 5.27. The summed E-state index contributed by atoms with van der Waals surface area (Å²) < 4.78 is 41.6. The summed E-state index contributed by atoms with van der Waals surface area (Å²) in [4.78, 5) is 36.8. The summed E-state index contributed by atoms with van der Waals surface area (Å²) in [7, 11) is 3.42. The Bertz CT molecular complexity index is 636. The lowest BCUT2D eigenvalue weighted by Gasteiger charge is -2.19. The SMILES string of the molecule is CN(C)CC(=O)N[C@@H](CCCSCC(=O)C(F)(F)F)C(=O)NCc1ccco1. The lowest BCUT2D eigenvalue weighted by molar-refractivity contribution is -0.167. The van der Waals surface area contributed by atoms with Crippen LogP contribution < -0.4 is 10.6 Å². The molecule has 0 spiro atoms. The number of carbonyl (C=O) groups excluding carboxylic acids is 3. The molecule has 28 heavy (non-hydrogen) atoms. The monoisotopic (exact) mass is 423 g/mol. The quantitative estimate of drug-likeness (QED) is 0.496. The van der Waals surface area contributed by atoms with Crippen molar-refractivity contribution in [3.8, 4) is 0 Å². The largest absolute Gasteiger partial charge is 0.467 e. The van der Waals surface area contributed by atoms with Gasteiger partial charge in [-0.25, -0.2) is 0 Å². The van der Waals surface area contributed by atoms with Crippen molar-refractivity contribution in [1.82, 2.24) is 15.5 Å². The highest BCUT2D eigenvalue weighted by Crippen LogP contribution is 2.19. The van der Waals surface area contributed by atoms with Gasteiger partial charge in [0.1, 0.15) is 11.8 Å². The van der Waals surface area contributed by atoms with E-state index in [1.165, 1.54) is 6.26 Å². The predicted octanol–water partition coefficient (Wildman–Crippen LogP) is 1.59. The van der Waals surface area contributed by atoms with Crippen molar-refractivity contribution in [3.63, 3.8) is 0 Å². The zero-order valence-electron chi connectivity index (χ0n) is 15.7. The van der Waals surface area contributed by atoms with E-state index in [2.05, 4.69) is 10.6 Å². The van der Waals surface area contributed by atoms with E-state index in [0.29, 0.717) is 12.2 Å². The van der Waals surface area contributed by atoms with Gasteiger partial charge in [0.2, 0.25) is 17.6 Å². The Kier molecular flexibility index (Phi) is 10.1. The maximum atomic E-state index is 12.4. The standard InChI is InChI=1S/C17H24F3N3O4S/c1-23(2)10-15(25)22-13(16(26)21-9-12-5-3-7-27-12)6-4-8-28-11-14(24)17(18,19)20/h3,5,7,13H,4,6,8-11H2,1-2H3,(H,21,26)(H,22,25)/t13-/m0/s1. The highest BCUT2D eigenvalue weighted by molar-refractivity contribution is 7.99. The lowest BCUT2D eigenvalue weighted by atomic mass is 10.1. The Morgan fingerprint density at radius 1 is 1.29 bits per heavy atom. The highest BCUT2D eigenvalue weighted by atomic mass is 32.2. The Morgan fingerprint density at radius 3 is 2.57 bits per heavy atom. The normalized spacial score (nSPS) is 12.6. The average Bonchev–Trinajstić information content (AvgIpc) is 3.10. The molecule has 0 saturated carbocycles. The van der Waals surface area contributed by atoms with Crippen LogP contribution in [0.1, 0.15) is 18.6 Å². The van der Waals surface area contributed by atoms with Crippen molar-refractivity contribution in [3.05, 3.63) is 24.2 Å². The van der Waals surface area contributed by atoms with Crippen molar-refractivity contribution < 1.29 is 32.0 Å². The fourth-order valence-electron chi connectivity index (χ4n) is 2.14. The topological polar surface area (TPSA) is 91.7 Å². The van der Waals surface area contributed by atoms with Crippen LogP contribution in [0.25, 0.3) is 0 Å². The van der Waals surface area contributed by atoms with Gasteiger partial charge in [-0.05, 0) is 44.8 Å². The van der Waals surface area contributed by atoms with E-state index in [9.17, 15) is 27.6 Å². The molecule has 7 nitrogen and oxygen atoms in total. The molecule has 11 heteroatoms. The Morgan fingerprint density at radius 2 is 2.00 bits per heavy atom. The van der Waals surface area contributed by atoms with Crippen LogP contribution in [0.4, 0.5) is 13.2 Å². The molecule has 0 radical (unpaired) electrons. The van der Waals surface area contributed by atoms with Crippen molar-refractivity contribution in [2.24, 2.45) is 0 Å². The maximum Gasteiger partial charge on any atom is 0.450 e. The van der Waals surface area contributed by atoms with Crippen molar-refractivity contribution in [2.45, 2.75) is 31.6 Å². The third kappa shape index (κ3) is 9.79. The number of hydrogen-bond acceptors (Lipinski definition) is 6. The van der Waals surface area contributed by atoms with Crippen LogP contribution in [0.3, 0.4) is 0 Å². The van der Waals surface area contributed by atoms with Gasteiger partial charge in [0, 0.05) is 0 Å². The number of carbonyl (C=O) groups is 3. The second-order valence-corrected chi connectivity index (χ2v) is 7.38. The van der Waals surface area contributed by atoms with Crippen LogP contribution in [0.2, 0.25) is 0 Å². The molecule has 0 aliphatic heterocycles. The molecule has 1 rings (SSSR count). The molecule has 0 saturated heterocycles. The maximum absolute atomic E-state index is 12.4. The highest BCUT2D eigenvalue weighted by Gasteiger charge is 2.37. The van der Waals surface area contributed by atoms with E-state index in [1.54, 1.807) is 31.1 Å². The van der Waals surface area contributed by atoms with Crippen LogP contribution in [0, 0.1) is 0 Å². The van der Waals surface area contributed by atoms with Crippen molar-refractivity contribution in [2.75, 3.05) is 32.1 Å². The molecule has 0 aromatic carbocycles. The number of thioether (sulfide) groups is 1. The minimum Gasteiger partial charge on any atom is -0.467 e. The predicted molar refractivity (Wildman–Crippen MR) is 98.7 cm³/mol. The van der Waals surface area contributed by atoms with E-state index in [4.69, 9.17) is 4.42 Å². The van der Waals surface area contributed by atoms with Crippen LogP contribution in [0.15, 0.2) is 22.8 Å². The van der Waals surface area contributed by atoms with Gasteiger partial charge in [-0.2, -0.15) is 24.9 Å². The van der Waals surface area contributed by atoms with Crippen LogP contribution in [0.5, 0.6) is 0 Å². The van der Waals surface area contributed by atoms with Crippen LogP contribution in [-0.2, 0) is 20.9 Å². The summed E-state index contributed by atoms with van der Waals surface area (Å²) in [6.07, 6.45) is -2.77. The molecular weight excluding hydrogens is 399 g/mol. The molecule has 158 valence electrons. The van der Waals surface area contributed by atoms with Gasteiger partial charge in [0.25, 0.3) is 0 Å². The summed E-state index contributed by atoms with van der Waals surface area (Å²) in [6, 6.07) is 2.53. The van der Waals surface area contributed by atoms with Gasteiger partial charge in [-0.3, -0.25) is 14.4 Å². The first-order valence-corrected chi connectivity index (χ1v) is 9.67. The average molecular weight is 423 g/mol. The van der Waals surface area contributed by atoms with E-state index in [1.807, 2.05) is 0 Å². The number of rotatable bonds is 12. The molecule has 2 N–H and O–H groups in total. The molecule has 2 amide bonds. The van der Waals surface area contributed by atoms with Crippen molar-refractivity contribution >= 4 is 29.4 Å².